The van der Waals surface area contributed by atoms with Gasteiger partial charge in [-0.1, -0.05) is 56.3 Å². The van der Waals surface area contributed by atoms with E-state index in [1.165, 1.54) is 23.1 Å². The number of fused-ring (bicyclic) bond motifs is 2. The topological polar surface area (TPSA) is 78.1 Å². The van der Waals surface area contributed by atoms with Crippen molar-refractivity contribution in [1.29, 1.82) is 0 Å². The largest absolute Gasteiger partial charge is 0.487 e. The van der Waals surface area contributed by atoms with Crippen molar-refractivity contribution in [2.24, 2.45) is 0 Å². The van der Waals surface area contributed by atoms with Crippen LogP contribution in [0.2, 0.25) is 0 Å². The number of hydrogen-bond donors (Lipinski definition) is 3. The quantitative estimate of drug-likeness (QED) is 0.281. The molecule has 0 saturated carbocycles. The third-order valence-electron chi connectivity index (χ3n) is 4.86. The Bertz CT molecular complexity index is 1310. The number of carbonyl (C=O) groups is 1. The lowest BCUT2D eigenvalue weighted by atomic mass is 10.1. The molecule has 0 bridgehead atoms. The summed E-state index contributed by atoms with van der Waals surface area (Å²) in [7, 11) is 0. The van der Waals surface area contributed by atoms with Gasteiger partial charge in [0.05, 0.1) is 11.9 Å². The highest BCUT2D eigenvalue weighted by atomic mass is 19.1. The summed E-state index contributed by atoms with van der Waals surface area (Å²) in [6.45, 7) is 4.60. The average Bonchev–Trinajstić information content (AvgIpc) is 3.47. The molecule has 0 saturated heterocycles. The third-order valence-corrected chi connectivity index (χ3v) is 4.86. The zero-order chi connectivity index (χ0) is 23.6. The van der Waals surface area contributed by atoms with E-state index in [2.05, 4.69) is 28.2 Å². The summed E-state index contributed by atoms with van der Waals surface area (Å²) in [5.41, 5.74) is 3.59. The van der Waals surface area contributed by atoms with Crippen LogP contribution in [0.3, 0.4) is 0 Å². The van der Waals surface area contributed by atoms with Crippen molar-refractivity contribution in [1.82, 2.24) is 9.97 Å². The minimum absolute atomic E-state index is 0.0938. The third kappa shape index (κ3) is 6.23. The molecule has 5 aromatic rings. The number of halogens is 1. The van der Waals surface area contributed by atoms with Gasteiger partial charge in [-0.15, -0.1) is 0 Å². The van der Waals surface area contributed by atoms with E-state index in [0.717, 1.165) is 16.8 Å². The van der Waals surface area contributed by atoms with E-state index in [1.807, 2.05) is 56.4 Å². The number of ether oxygens (including phenoxy) is 1. The van der Waals surface area contributed by atoms with Gasteiger partial charge in [0.2, 0.25) is 0 Å². The van der Waals surface area contributed by atoms with Gasteiger partial charge in [0.15, 0.2) is 0 Å². The number of benzene rings is 3. The monoisotopic (exact) mass is 446 g/mol. The maximum absolute atomic E-state index is 12.9. The Labute approximate surface area is 191 Å². The molecule has 0 fully saturated rings. The van der Waals surface area contributed by atoms with Gasteiger partial charge in [0.25, 0.3) is 0 Å². The minimum Gasteiger partial charge on any atom is -0.487 e. The maximum Gasteiger partial charge on any atom is 0.307 e. The number of para-hydroxylation sites is 1. The fourth-order valence-corrected chi connectivity index (χ4v) is 3.37. The average molecular weight is 447 g/mol. The van der Waals surface area contributed by atoms with Gasteiger partial charge in [0, 0.05) is 28.7 Å². The van der Waals surface area contributed by atoms with Crippen LogP contribution in [0.4, 0.5) is 4.39 Å². The van der Waals surface area contributed by atoms with Crippen molar-refractivity contribution < 1.29 is 19.0 Å². The number of nitrogens with one attached hydrogen (secondary N) is 2. The van der Waals surface area contributed by atoms with E-state index in [0.29, 0.717) is 17.6 Å². The summed E-state index contributed by atoms with van der Waals surface area (Å²) in [5.74, 6) is -0.379. The van der Waals surface area contributed by atoms with Crippen molar-refractivity contribution in [2.75, 3.05) is 0 Å². The van der Waals surface area contributed by atoms with Gasteiger partial charge >= 0.3 is 5.97 Å². The Balaban J connectivity index is 0.000000176. The van der Waals surface area contributed by atoms with Crippen LogP contribution in [0.1, 0.15) is 25.0 Å². The first kappa shape index (κ1) is 23.6. The second-order valence-electron chi connectivity index (χ2n) is 7.05. The highest BCUT2D eigenvalue weighted by molar-refractivity contribution is 5.87. The van der Waals surface area contributed by atoms with Crippen LogP contribution < -0.4 is 4.74 Å². The van der Waals surface area contributed by atoms with Crippen LogP contribution in [0.5, 0.6) is 5.75 Å². The zero-order valence-corrected chi connectivity index (χ0v) is 18.6. The van der Waals surface area contributed by atoms with Gasteiger partial charge in [-0.2, -0.15) is 0 Å². The van der Waals surface area contributed by atoms with Crippen molar-refractivity contribution in [3.8, 4) is 5.75 Å². The summed E-state index contributed by atoms with van der Waals surface area (Å²) in [6, 6.07) is 22.6. The number of carboxylic acid groups (broad SMARTS) is 1. The lowest BCUT2D eigenvalue weighted by Gasteiger charge is -2.07. The first-order chi connectivity index (χ1) is 16.1. The molecule has 0 radical (unpaired) electrons. The predicted octanol–water partition coefficient (Wildman–Crippen LogP) is 6.71. The van der Waals surface area contributed by atoms with E-state index in [-0.39, 0.29) is 12.2 Å². The Hall–Kier alpha value is -4.06. The lowest BCUT2D eigenvalue weighted by Crippen LogP contribution is -1.98. The van der Waals surface area contributed by atoms with Gasteiger partial charge in [-0.05, 0) is 41.5 Å². The molecule has 0 spiro atoms. The maximum atomic E-state index is 12.9. The number of rotatable bonds is 5. The molecule has 3 aromatic carbocycles. The number of carboxylic acids is 1. The first-order valence-corrected chi connectivity index (χ1v) is 10.8. The second kappa shape index (κ2) is 11.5. The molecule has 33 heavy (non-hydrogen) atoms. The van der Waals surface area contributed by atoms with Crippen LogP contribution in [0, 0.1) is 5.82 Å². The Morgan fingerprint density at radius 1 is 0.970 bits per heavy atom. The van der Waals surface area contributed by atoms with Crippen LogP contribution >= 0.6 is 0 Å². The van der Waals surface area contributed by atoms with Gasteiger partial charge in [-0.3, -0.25) is 4.79 Å². The normalized spacial score (nSPS) is 10.2. The highest BCUT2D eigenvalue weighted by Crippen LogP contribution is 2.24. The molecule has 5 rings (SSSR count). The van der Waals surface area contributed by atoms with Gasteiger partial charge in [-0.25, -0.2) is 4.39 Å². The molecule has 0 unspecified atom stereocenters. The molecule has 0 aliphatic carbocycles. The number of aromatic amines is 2. The molecule has 0 aliphatic rings. The molecule has 3 N–H and O–H groups in total. The summed E-state index contributed by atoms with van der Waals surface area (Å²) in [6.07, 6.45) is 3.43. The van der Waals surface area contributed by atoms with Crippen molar-refractivity contribution in [2.45, 2.75) is 26.9 Å². The molecular formula is C27H27FN2O3. The van der Waals surface area contributed by atoms with E-state index in [1.54, 1.807) is 12.3 Å². The van der Waals surface area contributed by atoms with Crippen LogP contribution in [-0.2, 0) is 17.8 Å². The van der Waals surface area contributed by atoms with Crippen LogP contribution in [0.25, 0.3) is 21.8 Å². The fraction of sp³-hybridized carbons (Fsp3) is 0.148. The molecule has 6 heteroatoms. The second-order valence-corrected chi connectivity index (χ2v) is 7.05. The minimum atomic E-state index is -0.921. The molecule has 0 amide bonds. The number of H-pyrrole nitrogens is 2. The standard InChI is InChI=1S/C15H13NO.C10H8FNO2.C2H6/c1-2-5-12(6-3-1)11-17-14-8-4-7-13-9-10-16-15(13)14;11-7-1-2-9-8(4-7)6(5-12-9)3-10(13)14;1-2/h1-10,16H,11H2;1-2,4-5,12H,3H2,(H,13,14);1-2H3. The van der Waals surface area contributed by atoms with E-state index in [4.69, 9.17) is 9.84 Å². The molecule has 5 nitrogen and oxygen atoms in total. The van der Waals surface area contributed by atoms with Crippen molar-refractivity contribution >= 4 is 27.8 Å². The molecule has 2 heterocycles. The highest BCUT2D eigenvalue weighted by Gasteiger charge is 2.08. The first-order valence-electron chi connectivity index (χ1n) is 10.8. The molecular weight excluding hydrogens is 419 g/mol. The Morgan fingerprint density at radius 2 is 1.76 bits per heavy atom. The molecule has 170 valence electrons. The fourth-order valence-electron chi connectivity index (χ4n) is 3.37. The van der Waals surface area contributed by atoms with Gasteiger partial charge in [0.1, 0.15) is 18.2 Å². The summed E-state index contributed by atoms with van der Waals surface area (Å²) < 4.78 is 18.7. The Morgan fingerprint density at radius 3 is 2.52 bits per heavy atom. The zero-order valence-electron chi connectivity index (χ0n) is 18.6. The summed E-state index contributed by atoms with van der Waals surface area (Å²) in [5, 5.41) is 10.4. The predicted molar refractivity (Wildman–Crippen MR) is 130 cm³/mol. The number of hydrogen-bond acceptors (Lipinski definition) is 2. The summed E-state index contributed by atoms with van der Waals surface area (Å²) in [4.78, 5) is 16.6. The molecule has 2 aromatic heterocycles. The smallest absolute Gasteiger partial charge is 0.307 e. The van der Waals surface area contributed by atoms with Crippen molar-refractivity contribution in [3.63, 3.8) is 0 Å². The molecule has 0 aliphatic heterocycles. The van der Waals surface area contributed by atoms with E-state index >= 15 is 0 Å². The summed E-state index contributed by atoms with van der Waals surface area (Å²) >= 11 is 0. The molecule has 0 atom stereocenters. The lowest BCUT2D eigenvalue weighted by molar-refractivity contribution is -0.136. The van der Waals surface area contributed by atoms with E-state index < -0.39 is 5.97 Å². The van der Waals surface area contributed by atoms with Gasteiger partial charge < -0.3 is 19.8 Å². The van der Waals surface area contributed by atoms with Crippen LogP contribution in [0.15, 0.2) is 85.2 Å². The van der Waals surface area contributed by atoms with Crippen LogP contribution in [-0.4, -0.2) is 21.0 Å². The van der Waals surface area contributed by atoms with Crippen molar-refractivity contribution in [3.05, 3.63) is 102 Å². The number of aliphatic carboxylic acids is 1. The number of aromatic nitrogens is 2. The van der Waals surface area contributed by atoms with E-state index in [9.17, 15) is 9.18 Å². The SMILES string of the molecule is CC.O=C(O)Cc1c[nH]c2ccc(F)cc12.c1ccc(COc2cccc3cc[nH]c23)cc1. The Kier molecular flexibility index (Phi) is 8.24.